The highest BCUT2D eigenvalue weighted by atomic mass is 19.1. The lowest BCUT2D eigenvalue weighted by Crippen LogP contribution is -2.17. The molecule has 0 saturated heterocycles. The molecular weight excluding hydrogens is 249 g/mol. The zero-order valence-electron chi connectivity index (χ0n) is 11.6. The van der Waals surface area contributed by atoms with Gasteiger partial charge in [-0.1, -0.05) is 36.4 Å². The van der Waals surface area contributed by atoms with Gasteiger partial charge in [0.2, 0.25) is 0 Å². The van der Waals surface area contributed by atoms with E-state index in [1.54, 1.807) is 6.07 Å². The first-order valence-electron chi connectivity index (χ1n) is 7.35. The average molecular weight is 269 g/mol. The van der Waals surface area contributed by atoms with Gasteiger partial charge in [-0.25, -0.2) is 4.39 Å². The number of rotatable bonds is 3. The van der Waals surface area contributed by atoms with Crippen LogP contribution in [-0.4, -0.2) is 0 Å². The highest BCUT2D eigenvalue weighted by Crippen LogP contribution is 2.27. The van der Waals surface area contributed by atoms with Crippen molar-refractivity contribution in [3.05, 3.63) is 70.5 Å². The van der Waals surface area contributed by atoms with Gasteiger partial charge in [0.25, 0.3) is 0 Å². The number of aryl methyl sites for hydroxylation is 2. The van der Waals surface area contributed by atoms with E-state index in [1.165, 1.54) is 24.0 Å². The van der Waals surface area contributed by atoms with Crippen LogP contribution in [0.5, 0.6) is 0 Å². The maximum absolute atomic E-state index is 14.3. The lowest BCUT2D eigenvalue weighted by molar-refractivity contribution is 0.570. The van der Waals surface area contributed by atoms with E-state index in [-0.39, 0.29) is 11.9 Å². The third-order valence-electron chi connectivity index (χ3n) is 4.16. The van der Waals surface area contributed by atoms with Gasteiger partial charge < -0.3 is 5.73 Å². The topological polar surface area (TPSA) is 26.0 Å². The van der Waals surface area contributed by atoms with Crippen molar-refractivity contribution in [2.24, 2.45) is 5.73 Å². The second-order valence-electron chi connectivity index (χ2n) is 5.65. The first-order valence-corrected chi connectivity index (χ1v) is 7.35. The summed E-state index contributed by atoms with van der Waals surface area (Å²) in [6.45, 7) is 0. The Kier molecular flexibility index (Phi) is 3.83. The first kappa shape index (κ1) is 13.3. The third kappa shape index (κ3) is 2.75. The zero-order valence-corrected chi connectivity index (χ0v) is 11.6. The molecule has 0 aliphatic heterocycles. The molecule has 0 aromatic heterocycles. The molecule has 2 heteroatoms. The van der Waals surface area contributed by atoms with Crippen molar-refractivity contribution in [2.75, 3.05) is 0 Å². The maximum atomic E-state index is 14.3. The summed E-state index contributed by atoms with van der Waals surface area (Å²) in [5.41, 5.74) is 10.5. The second-order valence-corrected chi connectivity index (χ2v) is 5.65. The predicted octanol–water partition coefficient (Wildman–Crippen LogP) is 3.95. The molecule has 0 spiro atoms. The molecule has 1 unspecified atom stereocenters. The minimum atomic E-state index is -0.273. The standard InChI is InChI=1S/C18H20FN/c19-17-12-15-9-5-4-8-14(15)11-16(17)18(20)10-13-6-2-1-3-7-13/h1-3,6-7,11-12,18H,4-5,8-10,20H2. The van der Waals surface area contributed by atoms with E-state index >= 15 is 0 Å². The van der Waals surface area contributed by atoms with Crippen LogP contribution in [0.1, 0.15) is 41.1 Å². The smallest absolute Gasteiger partial charge is 0.128 e. The lowest BCUT2D eigenvalue weighted by atomic mass is 9.88. The predicted molar refractivity (Wildman–Crippen MR) is 80.1 cm³/mol. The minimum Gasteiger partial charge on any atom is -0.324 e. The van der Waals surface area contributed by atoms with Crippen molar-refractivity contribution in [3.63, 3.8) is 0 Å². The molecule has 2 aromatic rings. The Morgan fingerprint density at radius 2 is 1.65 bits per heavy atom. The van der Waals surface area contributed by atoms with Crippen molar-refractivity contribution >= 4 is 0 Å². The van der Waals surface area contributed by atoms with Gasteiger partial charge in [0.15, 0.2) is 0 Å². The Morgan fingerprint density at radius 3 is 2.35 bits per heavy atom. The fraction of sp³-hybridized carbons (Fsp3) is 0.333. The van der Waals surface area contributed by atoms with Crippen LogP contribution in [0.3, 0.4) is 0 Å². The number of nitrogens with two attached hydrogens (primary N) is 1. The quantitative estimate of drug-likeness (QED) is 0.897. The number of halogens is 1. The molecular formula is C18H20FN. The highest BCUT2D eigenvalue weighted by molar-refractivity contribution is 5.37. The molecule has 3 rings (SSSR count). The second kappa shape index (κ2) is 5.76. The molecule has 0 heterocycles. The SMILES string of the molecule is NC(Cc1ccccc1)c1cc2c(cc1F)CCCC2. The van der Waals surface area contributed by atoms with Gasteiger partial charge in [-0.3, -0.25) is 0 Å². The number of benzene rings is 2. The maximum Gasteiger partial charge on any atom is 0.128 e. The van der Waals surface area contributed by atoms with E-state index in [0.717, 1.165) is 18.4 Å². The number of hydrogen-bond acceptors (Lipinski definition) is 1. The third-order valence-corrected chi connectivity index (χ3v) is 4.16. The van der Waals surface area contributed by atoms with Gasteiger partial charge >= 0.3 is 0 Å². The van der Waals surface area contributed by atoms with Gasteiger partial charge in [-0.15, -0.1) is 0 Å². The van der Waals surface area contributed by atoms with E-state index < -0.39 is 0 Å². The molecule has 1 atom stereocenters. The van der Waals surface area contributed by atoms with Crippen LogP contribution < -0.4 is 5.73 Å². The fourth-order valence-corrected chi connectivity index (χ4v) is 3.04. The molecule has 0 saturated carbocycles. The summed E-state index contributed by atoms with van der Waals surface area (Å²) in [6, 6.07) is 13.5. The summed E-state index contributed by atoms with van der Waals surface area (Å²) in [4.78, 5) is 0. The summed E-state index contributed by atoms with van der Waals surface area (Å²) < 4.78 is 14.3. The molecule has 0 amide bonds. The van der Waals surface area contributed by atoms with Crippen LogP contribution in [0.15, 0.2) is 42.5 Å². The zero-order chi connectivity index (χ0) is 13.9. The Bertz CT molecular complexity index is 592. The van der Waals surface area contributed by atoms with E-state index in [9.17, 15) is 4.39 Å². The van der Waals surface area contributed by atoms with E-state index in [1.807, 2.05) is 36.4 Å². The molecule has 0 bridgehead atoms. The highest BCUT2D eigenvalue weighted by Gasteiger charge is 2.17. The monoisotopic (exact) mass is 269 g/mol. The molecule has 2 N–H and O–H groups in total. The average Bonchev–Trinajstić information content (AvgIpc) is 2.47. The number of fused-ring (bicyclic) bond motifs is 1. The normalized spacial score (nSPS) is 15.7. The van der Waals surface area contributed by atoms with Gasteiger partial charge in [0.1, 0.15) is 5.82 Å². The number of hydrogen-bond donors (Lipinski definition) is 1. The minimum absolute atomic E-state index is 0.144. The van der Waals surface area contributed by atoms with Crippen LogP contribution in [0.4, 0.5) is 4.39 Å². The van der Waals surface area contributed by atoms with E-state index in [0.29, 0.717) is 12.0 Å². The van der Waals surface area contributed by atoms with E-state index in [2.05, 4.69) is 0 Å². The Balaban J connectivity index is 1.86. The van der Waals surface area contributed by atoms with Gasteiger partial charge in [-0.05, 0) is 54.9 Å². The van der Waals surface area contributed by atoms with Gasteiger partial charge in [-0.2, -0.15) is 0 Å². The van der Waals surface area contributed by atoms with Crippen molar-refractivity contribution < 1.29 is 4.39 Å². The lowest BCUT2D eigenvalue weighted by Gasteiger charge is -2.20. The first-order chi connectivity index (χ1) is 9.74. The van der Waals surface area contributed by atoms with Crippen molar-refractivity contribution in [2.45, 2.75) is 38.1 Å². The van der Waals surface area contributed by atoms with Gasteiger partial charge in [0.05, 0.1) is 0 Å². The summed E-state index contributed by atoms with van der Waals surface area (Å²) in [5, 5.41) is 0. The van der Waals surface area contributed by atoms with Crippen LogP contribution in [0.2, 0.25) is 0 Å². The molecule has 1 nitrogen and oxygen atoms in total. The molecule has 20 heavy (non-hydrogen) atoms. The van der Waals surface area contributed by atoms with Crippen LogP contribution >= 0.6 is 0 Å². The summed E-state index contributed by atoms with van der Waals surface area (Å²) >= 11 is 0. The van der Waals surface area contributed by atoms with Crippen molar-refractivity contribution in [1.29, 1.82) is 0 Å². The van der Waals surface area contributed by atoms with E-state index in [4.69, 9.17) is 5.73 Å². The Morgan fingerprint density at radius 1 is 1.00 bits per heavy atom. The molecule has 0 fully saturated rings. The molecule has 104 valence electrons. The summed E-state index contributed by atoms with van der Waals surface area (Å²) in [5.74, 6) is -0.144. The fourth-order valence-electron chi connectivity index (χ4n) is 3.04. The van der Waals surface area contributed by atoms with Crippen molar-refractivity contribution in [1.82, 2.24) is 0 Å². The largest absolute Gasteiger partial charge is 0.324 e. The molecule has 1 aliphatic carbocycles. The molecule has 1 aliphatic rings. The van der Waals surface area contributed by atoms with Crippen LogP contribution in [-0.2, 0) is 19.3 Å². The Labute approximate surface area is 119 Å². The molecule has 2 aromatic carbocycles. The van der Waals surface area contributed by atoms with Crippen LogP contribution in [0, 0.1) is 5.82 Å². The molecule has 0 radical (unpaired) electrons. The Hall–Kier alpha value is -1.67. The summed E-state index contributed by atoms with van der Waals surface area (Å²) in [6.07, 6.45) is 5.10. The van der Waals surface area contributed by atoms with Crippen molar-refractivity contribution in [3.8, 4) is 0 Å². The van der Waals surface area contributed by atoms with Gasteiger partial charge in [0, 0.05) is 11.6 Å². The van der Waals surface area contributed by atoms with Crippen LogP contribution in [0.25, 0.3) is 0 Å². The summed E-state index contributed by atoms with van der Waals surface area (Å²) in [7, 11) is 0.